The second kappa shape index (κ2) is 1.66. The lowest BCUT2D eigenvalue weighted by atomic mass is 10.1. The molecule has 0 saturated heterocycles. The van der Waals surface area contributed by atoms with Crippen LogP contribution in [0.4, 0.5) is 0 Å². The normalized spacial score (nSPS) is 39.4. The second-order valence-electron chi connectivity index (χ2n) is 2.66. The fourth-order valence-electron chi connectivity index (χ4n) is 0.871. The first-order valence-corrected chi connectivity index (χ1v) is 3.29. The van der Waals surface area contributed by atoms with Crippen LogP contribution in [0.3, 0.4) is 0 Å². The smallest absolute Gasteiger partial charge is 0.0370 e. The number of hydrogen-bond acceptors (Lipinski definition) is 0. The van der Waals surface area contributed by atoms with Crippen LogP contribution in [0.15, 0.2) is 0 Å². The zero-order chi connectivity index (χ0) is 5.44. The number of alkyl halides is 1. The van der Waals surface area contributed by atoms with Gasteiger partial charge in [-0.2, -0.15) is 0 Å². The first kappa shape index (κ1) is 5.43. The quantitative estimate of drug-likeness (QED) is 0.464. The number of hydrogen-bond donors (Lipinski definition) is 0. The Hall–Kier alpha value is 0.290. The molecule has 0 aromatic rings. The standard InChI is InChI=1S/C6H11Cl/c1-4(2)5-3-6(5)7/h4-6H,3H2,1-2H3/t5-,6-/m1/s1. The van der Waals surface area contributed by atoms with Gasteiger partial charge in [-0.05, 0) is 18.3 Å². The lowest BCUT2D eigenvalue weighted by Crippen LogP contribution is -1.90. The van der Waals surface area contributed by atoms with Gasteiger partial charge in [-0.25, -0.2) is 0 Å². The summed E-state index contributed by atoms with van der Waals surface area (Å²) in [6, 6.07) is 0. The Bertz CT molecular complexity index is 68.6. The van der Waals surface area contributed by atoms with E-state index in [1.165, 1.54) is 6.42 Å². The van der Waals surface area contributed by atoms with Gasteiger partial charge in [0.1, 0.15) is 0 Å². The van der Waals surface area contributed by atoms with Gasteiger partial charge in [-0.15, -0.1) is 11.6 Å². The summed E-state index contributed by atoms with van der Waals surface area (Å²) in [6.45, 7) is 4.46. The molecule has 1 heteroatoms. The van der Waals surface area contributed by atoms with E-state index in [4.69, 9.17) is 11.6 Å². The molecular weight excluding hydrogens is 108 g/mol. The van der Waals surface area contributed by atoms with E-state index in [9.17, 15) is 0 Å². The van der Waals surface area contributed by atoms with E-state index in [0.717, 1.165) is 11.8 Å². The highest BCUT2D eigenvalue weighted by Gasteiger charge is 2.37. The van der Waals surface area contributed by atoms with Crippen LogP contribution in [0.25, 0.3) is 0 Å². The van der Waals surface area contributed by atoms with Gasteiger partial charge in [0.15, 0.2) is 0 Å². The molecule has 1 aliphatic carbocycles. The van der Waals surface area contributed by atoms with Gasteiger partial charge >= 0.3 is 0 Å². The van der Waals surface area contributed by atoms with E-state index in [1.807, 2.05) is 0 Å². The molecule has 0 amide bonds. The molecule has 0 N–H and O–H groups in total. The third kappa shape index (κ3) is 1.09. The van der Waals surface area contributed by atoms with Crippen LogP contribution < -0.4 is 0 Å². The Kier molecular flexibility index (Phi) is 1.29. The molecule has 0 unspecified atom stereocenters. The molecule has 42 valence electrons. The van der Waals surface area contributed by atoms with Gasteiger partial charge in [0, 0.05) is 5.38 Å². The molecule has 0 nitrogen and oxygen atoms in total. The minimum atomic E-state index is 0.514. The average molecular weight is 119 g/mol. The SMILES string of the molecule is CC(C)[C@H]1C[C@H]1Cl. The maximum absolute atomic E-state index is 5.75. The minimum Gasteiger partial charge on any atom is -0.123 e. The average Bonchev–Trinajstić information content (AvgIpc) is 2.17. The molecule has 1 saturated carbocycles. The van der Waals surface area contributed by atoms with Crippen molar-refractivity contribution in [3.8, 4) is 0 Å². The Morgan fingerprint density at radius 3 is 2.00 bits per heavy atom. The fraction of sp³-hybridized carbons (Fsp3) is 1.00. The van der Waals surface area contributed by atoms with Gasteiger partial charge in [0.2, 0.25) is 0 Å². The zero-order valence-electron chi connectivity index (χ0n) is 4.82. The van der Waals surface area contributed by atoms with E-state index in [2.05, 4.69) is 13.8 Å². The third-order valence-corrected chi connectivity index (χ3v) is 2.12. The van der Waals surface area contributed by atoms with Gasteiger partial charge in [0.05, 0.1) is 0 Å². The van der Waals surface area contributed by atoms with Crippen molar-refractivity contribution in [2.45, 2.75) is 25.6 Å². The summed E-state index contributed by atoms with van der Waals surface area (Å²) >= 11 is 5.75. The van der Waals surface area contributed by atoms with Crippen molar-refractivity contribution in [1.29, 1.82) is 0 Å². The van der Waals surface area contributed by atoms with E-state index < -0.39 is 0 Å². The topological polar surface area (TPSA) is 0 Å². The van der Waals surface area contributed by atoms with Gasteiger partial charge in [0.25, 0.3) is 0 Å². The van der Waals surface area contributed by atoms with Crippen LogP contribution in [0.1, 0.15) is 20.3 Å². The molecule has 0 heterocycles. The van der Waals surface area contributed by atoms with E-state index in [1.54, 1.807) is 0 Å². The van der Waals surface area contributed by atoms with Crippen LogP contribution in [0.2, 0.25) is 0 Å². The van der Waals surface area contributed by atoms with Crippen LogP contribution in [-0.4, -0.2) is 5.38 Å². The lowest BCUT2D eigenvalue weighted by molar-refractivity contribution is 0.565. The Balaban J connectivity index is 2.20. The summed E-state index contributed by atoms with van der Waals surface area (Å²) in [5.74, 6) is 1.64. The van der Waals surface area contributed by atoms with Crippen LogP contribution >= 0.6 is 11.6 Å². The monoisotopic (exact) mass is 118 g/mol. The maximum atomic E-state index is 5.75. The summed E-state index contributed by atoms with van der Waals surface area (Å²) in [4.78, 5) is 0. The maximum Gasteiger partial charge on any atom is 0.0370 e. The largest absolute Gasteiger partial charge is 0.123 e. The Morgan fingerprint density at radius 2 is 2.00 bits per heavy atom. The van der Waals surface area contributed by atoms with Crippen molar-refractivity contribution < 1.29 is 0 Å². The van der Waals surface area contributed by atoms with Crippen molar-refractivity contribution in [3.05, 3.63) is 0 Å². The molecule has 1 fully saturated rings. The van der Waals surface area contributed by atoms with Gasteiger partial charge in [-0.3, -0.25) is 0 Å². The van der Waals surface area contributed by atoms with E-state index in [-0.39, 0.29) is 0 Å². The highest BCUT2D eigenvalue weighted by Crippen LogP contribution is 2.41. The molecule has 2 atom stereocenters. The predicted octanol–water partition coefficient (Wildman–Crippen LogP) is 2.27. The first-order valence-electron chi connectivity index (χ1n) is 2.86. The zero-order valence-corrected chi connectivity index (χ0v) is 5.57. The Labute approximate surface area is 49.9 Å². The number of rotatable bonds is 1. The third-order valence-electron chi connectivity index (χ3n) is 1.62. The van der Waals surface area contributed by atoms with Crippen molar-refractivity contribution in [2.24, 2.45) is 11.8 Å². The second-order valence-corrected chi connectivity index (χ2v) is 3.22. The first-order chi connectivity index (χ1) is 3.22. The Morgan fingerprint density at radius 1 is 1.57 bits per heavy atom. The molecule has 0 spiro atoms. The molecule has 0 aromatic carbocycles. The molecule has 7 heavy (non-hydrogen) atoms. The van der Waals surface area contributed by atoms with Crippen molar-refractivity contribution in [3.63, 3.8) is 0 Å². The van der Waals surface area contributed by atoms with Crippen molar-refractivity contribution in [2.75, 3.05) is 0 Å². The molecule has 0 aliphatic heterocycles. The van der Waals surface area contributed by atoms with E-state index in [0.29, 0.717) is 5.38 Å². The molecule has 0 radical (unpaired) electrons. The summed E-state index contributed by atoms with van der Waals surface area (Å²) in [6.07, 6.45) is 1.25. The molecular formula is C6H11Cl. The van der Waals surface area contributed by atoms with Crippen molar-refractivity contribution in [1.82, 2.24) is 0 Å². The van der Waals surface area contributed by atoms with Crippen molar-refractivity contribution >= 4 is 11.6 Å². The highest BCUT2D eigenvalue weighted by atomic mass is 35.5. The molecule has 1 rings (SSSR count). The summed E-state index contributed by atoms with van der Waals surface area (Å²) in [5, 5.41) is 0.514. The summed E-state index contributed by atoms with van der Waals surface area (Å²) < 4.78 is 0. The highest BCUT2D eigenvalue weighted by molar-refractivity contribution is 6.22. The van der Waals surface area contributed by atoms with E-state index >= 15 is 0 Å². The predicted molar refractivity (Wildman–Crippen MR) is 32.6 cm³/mol. The fourth-order valence-corrected chi connectivity index (χ4v) is 1.37. The van der Waals surface area contributed by atoms with Gasteiger partial charge < -0.3 is 0 Å². The summed E-state index contributed by atoms with van der Waals surface area (Å²) in [5.41, 5.74) is 0. The molecule has 0 aromatic heterocycles. The van der Waals surface area contributed by atoms with Crippen LogP contribution in [0.5, 0.6) is 0 Å². The number of halogens is 1. The summed E-state index contributed by atoms with van der Waals surface area (Å²) in [7, 11) is 0. The minimum absolute atomic E-state index is 0.514. The molecule has 1 aliphatic rings. The van der Waals surface area contributed by atoms with Gasteiger partial charge in [-0.1, -0.05) is 13.8 Å². The van der Waals surface area contributed by atoms with Crippen LogP contribution in [0, 0.1) is 11.8 Å². The molecule has 0 bridgehead atoms. The lowest BCUT2D eigenvalue weighted by Gasteiger charge is -1.96. The van der Waals surface area contributed by atoms with Crippen LogP contribution in [-0.2, 0) is 0 Å².